The van der Waals surface area contributed by atoms with Crippen LogP contribution < -0.4 is 10.6 Å². The Hall–Kier alpha value is -2.95. The first-order valence-corrected chi connectivity index (χ1v) is 7.21. The highest BCUT2D eigenvalue weighted by Gasteiger charge is 2.02. The lowest BCUT2D eigenvalue weighted by molar-refractivity contribution is 0.982. The fourth-order valence-corrected chi connectivity index (χ4v) is 2.04. The number of aromatic nitrogens is 3. The molecule has 3 rings (SSSR count). The molecule has 22 heavy (non-hydrogen) atoms. The van der Waals surface area contributed by atoms with Gasteiger partial charge >= 0.3 is 0 Å². The molecule has 0 unspecified atom stereocenters. The van der Waals surface area contributed by atoms with E-state index in [1.54, 1.807) is 6.20 Å². The van der Waals surface area contributed by atoms with Gasteiger partial charge in [0.15, 0.2) is 5.82 Å². The number of benzene rings is 2. The van der Waals surface area contributed by atoms with Crippen LogP contribution in [0.5, 0.6) is 0 Å². The van der Waals surface area contributed by atoms with Crippen molar-refractivity contribution < 1.29 is 0 Å². The van der Waals surface area contributed by atoms with Crippen molar-refractivity contribution in [1.82, 2.24) is 15.2 Å². The van der Waals surface area contributed by atoms with Gasteiger partial charge in [-0.05, 0) is 36.2 Å². The average molecular weight is 291 g/mol. The SMILES string of the molecule is CCc1ccc(Nc2nncc(Nc3ccccc3)n2)cc1. The van der Waals surface area contributed by atoms with Gasteiger partial charge in [0.25, 0.3) is 0 Å². The van der Waals surface area contributed by atoms with Crippen LogP contribution >= 0.6 is 0 Å². The monoisotopic (exact) mass is 291 g/mol. The van der Waals surface area contributed by atoms with Crippen molar-refractivity contribution in [3.05, 3.63) is 66.4 Å². The van der Waals surface area contributed by atoms with E-state index in [9.17, 15) is 0 Å². The Morgan fingerprint density at radius 1 is 0.864 bits per heavy atom. The zero-order chi connectivity index (χ0) is 15.2. The van der Waals surface area contributed by atoms with Crippen molar-refractivity contribution in [3.8, 4) is 0 Å². The van der Waals surface area contributed by atoms with Gasteiger partial charge in [-0.1, -0.05) is 37.3 Å². The van der Waals surface area contributed by atoms with Gasteiger partial charge in [0.1, 0.15) is 0 Å². The summed E-state index contributed by atoms with van der Waals surface area (Å²) < 4.78 is 0. The van der Waals surface area contributed by atoms with Crippen molar-refractivity contribution in [2.75, 3.05) is 10.6 Å². The number of hydrogen-bond donors (Lipinski definition) is 2. The summed E-state index contributed by atoms with van der Waals surface area (Å²) in [7, 11) is 0. The lowest BCUT2D eigenvalue weighted by atomic mass is 10.1. The van der Waals surface area contributed by atoms with Crippen LogP contribution in [0, 0.1) is 0 Å². The zero-order valence-electron chi connectivity index (χ0n) is 12.3. The first-order chi connectivity index (χ1) is 10.8. The zero-order valence-corrected chi connectivity index (χ0v) is 12.3. The van der Waals surface area contributed by atoms with Crippen molar-refractivity contribution in [2.45, 2.75) is 13.3 Å². The number of anilines is 4. The minimum Gasteiger partial charge on any atom is -0.339 e. The normalized spacial score (nSPS) is 10.2. The van der Waals surface area contributed by atoms with Crippen molar-refractivity contribution in [2.24, 2.45) is 0 Å². The van der Waals surface area contributed by atoms with Crippen molar-refractivity contribution in [3.63, 3.8) is 0 Å². The maximum Gasteiger partial charge on any atom is 0.249 e. The molecule has 3 aromatic rings. The maximum atomic E-state index is 4.41. The predicted octanol–water partition coefficient (Wildman–Crippen LogP) is 3.92. The van der Waals surface area contributed by atoms with Gasteiger partial charge in [0.05, 0.1) is 6.20 Å². The standard InChI is InChI=1S/C17H17N5/c1-2-13-8-10-15(11-9-13)20-17-21-16(12-18-22-17)19-14-6-4-3-5-7-14/h3-12H,2H2,1H3,(H2,19,20,21,22). The molecule has 0 bridgehead atoms. The molecule has 0 saturated carbocycles. The smallest absolute Gasteiger partial charge is 0.249 e. The summed E-state index contributed by atoms with van der Waals surface area (Å²) in [6.07, 6.45) is 2.62. The Morgan fingerprint density at radius 2 is 1.59 bits per heavy atom. The molecule has 0 aliphatic carbocycles. The molecule has 2 aromatic carbocycles. The van der Waals surface area contributed by atoms with Crippen LogP contribution in [0.3, 0.4) is 0 Å². The van der Waals surface area contributed by atoms with Gasteiger partial charge in [-0.2, -0.15) is 10.1 Å². The summed E-state index contributed by atoms with van der Waals surface area (Å²) in [5.41, 5.74) is 3.20. The van der Waals surface area contributed by atoms with E-state index in [-0.39, 0.29) is 0 Å². The largest absolute Gasteiger partial charge is 0.339 e. The molecule has 0 aliphatic heterocycles. The summed E-state index contributed by atoms with van der Waals surface area (Å²) in [6, 6.07) is 18.0. The first-order valence-electron chi connectivity index (χ1n) is 7.21. The third kappa shape index (κ3) is 3.58. The fourth-order valence-electron chi connectivity index (χ4n) is 2.04. The van der Waals surface area contributed by atoms with Crippen molar-refractivity contribution >= 4 is 23.1 Å². The molecule has 0 saturated heterocycles. The molecule has 1 heterocycles. The second kappa shape index (κ2) is 6.67. The quantitative estimate of drug-likeness (QED) is 0.746. The minimum absolute atomic E-state index is 0.463. The molecule has 2 N–H and O–H groups in total. The number of rotatable bonds is 5. The topological polar surface area (TPSA) is 62.7 Å². The Kier molecular flexibility index (Phi) is 4.25. The van der Waals surface area contributed by atoms with Gasteiger partial charge in [0, 0.05) is 11.4 Å². The second-order valence-electron chi connectivity index (χ2n) is 4.83. The number of para-hydroxylation sites is 1. The molecular weight excluding hydrogens is 274 g/mol. The first kappa shape index (κ1) is 14.0. The molecule has 0 amide bonds. The van der Waals surface area contributed by atoms with E-state index in [4.69, 9.17) is 0 Å². The second-order valence-corrected chi connectivity index (χ2v) is 4.83. The molecule has 0 atom stereocenters. The summed E-state index contributed by atoms with van der Waals surface area (Å²) in [5.74, 6) is 1.11. The van der Waals surface area contributed by atoms with Gasteiger partial charge < -0.3 is 10.6 Å². The third-order valence-electron chi connectivity index (χ3n) is 3.22. The highest BCUT2D eigenvalue weighted by atomic mass is 15.3. The van der Waals surface area contributed by atoms with Gasteiger partial charge in [-0.25, -0.2) is 0 Å². The number of nitrogens with zero attached hydrogens (tertiary/aromatic N) is 3. The van der Waals surface area contributed by atoms with E-state index in [0.717, 1.165) is 17.8 Å². The van der Waals surface area contributed by atoms with E-state index in [1.807, 2.05) is 42.5 Å². The maximum absolute atomic E-state index is 4.41. The number of aryl methyl sites for hydroxylation is 1. The van der Waals surface area contributed by atoms with Crippen LogP contribution in [-0.4, -0.2) is 15.2 Å². The van der Waals surface area contributed by atoms with Gasteiger partial charge in [-0.15, -0.1) is 5.10 Å². The van der Waals surface area contributed by atoms with Crippen LogP contribution in [-0.2, 0) is 6.42 Å². The fraction of sp³-hybridized carbons (Fsp3) is 0.118. The van der Waals surface area contributed by atoms with Gasteiger partial charge in [-0.3, -0.25) is 0 Å². The van der Waals surface area contributed by atoms with Crippen LogP contribution in [0.2, 0.25) is 0 Å². The Bertz CT molecular complexity index is 726. The van der Waals surface area contributed by atoms with Gasteiger partial charge in [0.2, 0.25) is 5.95 Å². The van der Waals surface area contributed by atoms with Crippen LogP contribution in [0.4, 0.5) is 23.1 Å². The lowest BCUT2D eigenvalue weighted by Gasteiger charge is -2.08. The highest BCUT2D eigenvalue weighted by Crippen LogP contribution is 2.17. The third-order valence-corrected chi connectivity index (χ3v) is 3.22. The molecule has 5 nitrogen and oxygen atoms in total. The van der Waals surface area contributed by atoms with E-state index in [0.29, 0.717) is 11.8 Å². The van der Waals surface area contributed by atoms with Crippen LogP contribution in [0.15, 0.2) is 60.8 Å². The average Bonchev–Trinajstić information content (AvgIpc) is 2.57. The summed E-state index contributed by atoms with van der Waals surface area (Å²) >= 11 is 0. The van der Waals surface area contributed by atoms with Crippen LogP contribution in [0.25, 0.3) is 0 Å². The summed E-state index contributed by atoms with van der Waals surface area (Å²) in [6.45, 7) is 2.13. The Labute approximate surface area is 129 Å². The Morgan fingerprint density at radius 3 is 2.32 bits per heavy atom. The molecule has 1 aromatic heterocycles. The molecule has 110 valence electrons. The molecule has 0 aliphatic rings. The van der Waals surface area contributed by atoms with Crippen molar-refractivity contribution in [1.29, 1.82) is 0 Å². The molecule has 0 spiro atoms. The van der Waals surface area contributed by atoms with Crippen LogP contribution in [0.1, 0.15) is 12.5 Å². The molecule has 5 heteroatoms. The highest BCUT2D eigenvalue weighted by molar-refractivity contribution is 5.58. The predicted molar refractivity (Wildman–Crippen MR) is 88.7 cm³/mol. The number of hydrogen-bond acceptors (Lipinski definition) is 5. The summed E-state index contributed by atoms with van der Waals surface area (Å²) in [4.78, 5) is 4.41. The van der Waals surface area contributed by atoms with E-state index < -0.39 is 0 Å². The minimum atomic E-state index is 0.463. The van der Waals surface area contributed by atoms with E-state index in [2.05, 4.69) is 44.9 Å². The lowest BCUT2D eigenvalue weighted by Crippen LogP contribution is -2.02. The molecule has 0 fully saturated rings. The Balaban J connectivity index is 1.73. The number of nitrogens with one attached hydrogen (secondary N) is 2. The summed E-state index contributed by atoms with van der Waals surface area (Å²) in [5, 5.41) is 14.3. The van der Waals surface area contributed by atoms with E-state index >= 15 is 0 Å². The van der Waals surface area contributed by atoms with E-state index in [1.165, 1.54) is 5.56 Å². The molecule has 0 radical (unpaired) electrons. The molecular formula is C17H17N5.